The zero-order valence-corrected chi connectivity index (χ0v) is 25.5. The summed E-state index contributed by atoms with van der Waals surface area (Å²) in [7, 11) is 0. The second-order valence-electron chi connectivity index (χ2n) is 12.7. The number of amides is 2. The highest BCUT2D eigenvalue weighted by Gasteiger charge is 2.52. The molecule has 268 valence electrons. The maximum absolute atomic E-state index is 12.7. The predicted octanol–water partition coefficient (Wildman–Crippen LogP) is -7.56. The number of hydroxylamine groups is 2. The minimum Gasteiger partial charge on any atom is -0.394 e. The number of nitrogens with one attached hydrogen (secondary N) is 2. The number of hydrogen-bond donors (Lipinski definition) is 14. The Morgan fingerprint density at radius 2 is 1.46 bits per heavy atom. The highest BCUT2D eigenvalue weighted by molar-refractivity contribution is 5.73. The van der Waals surface area contributed by atoms with Crippen LogP contribution in [-0.2, 0) is 18.9 Å². The van der Waals surface area contributed by atoms with E-state index in [-0.39, 0.29) is 32.1 Å². The molecule has 0 aromatic carbocycles. The first kappa shape index (κ1) is 37.4. The molecule has 0 radical (unpaired) electrons. The van der Waals surface area contributed by atoms with Crippen LogP contribution in [0.3, 0.4) is 0 Å². The van der Waals surface area contributed by atoms with Crippen LogP contribution in [0.4, 0.5) is 4.79 Å². The van der Waals surface area contributed by atoms with Gasteiger partial charge in [0.15, 0.2) is 12.6 Å². The van der Waals surface area contributed by atoms with Crippen molar-refractivity contribution in [1.29, 1.82) is 0 Å². The first-order valence-corrected chi connectivity index (χ1v) is 15.6. The third-order valence-corrected chi connectivity index (χ3v) is 9.22. The molecule has 0 bridgehead atoms. The number of rotatable bonds is 12. The lowest BCUT2D eigenvalue weighted by atomic mass is 9.81. The van der Waals surface area contributed by atoms with Crippen molar-refractivity contribution in [3.05, 3.63) is 0 Å². The summed E-state index contributed by atoms with van der Waals surface area (Å²) in [5, 5.41) is 79.5. The van der Waals surface area contributed by atoms with E-state index in [2.05, 4.69) is 10.6 Å². The average Bonchev–Trinajstić information content (AvgIpc) is 3.00. The van der Waals surface area contributed by atoms with Gasteiger partial charge >= 0.3 is 6.03 Å². The van der Waals surface area contributed by atoms with Crippen molar-refractivity contribution < 1.29 is 59.6 Å². The van der Waals surface area contributed by atoms with Gasteiger partial charge in [-0.2, -0.15) is 0 Å². The summed E-state index contributed by atoms with van der Waals surface area (Å²) < 4.78 is 23.4. The maximum Gasteiger partial charge on any atom is 0.341 e. The van der Waals surface area contributed by atoms with Gasteiger partial charge in [0.1, 0.15) is 54.9 Å². The van der Waals surface area contributed by atoms with Crippen molar-refractivity contribution in [1.82, 2.24) is 15.7 Å². The molecule has 20 heteroatoms. The van der Waals surface area contributed by atoms with Crippen LogP contribution >= 0.6 is 0 Å². The van der Waals surface area contributed by atoms with Gasteiger partial charge in [-0.05, 0) is 31.7 Å². The van der Waals surface area contributed by atoms with E-state index in [1.54, 1.807) is 0 Å². The second-order valence-corrected chi connectivity index (χ2v) is 12.7. The smallest absolute Gasteiger partial charge is 0.341 e. The Morgan fingerprint density at radius 3 is 2.09 bits per heavy atom. The van der Waals surface area contributed by atoms with Crippen molar-refractivity contribution in [3.8, 4) is 0 Å². The number of urea groups is 1. The van der Waals surface area contributed by atoms with Crippen LogP contribution in [0.2, 0.25) is 0 Å². The van der Waals surface area contributed by atoms with Crippen molar-refractivity contribution in [2.24, 2.45) is 34.6 Å². The Labute approximate surface area is 266 Å². The lowest BCUT2D eigenvalue weighted by molar-refractivity contribution is -0.319. The molecule has 2 saturated carbocycles. The summed E-state index contributed by atoms with van der Waals surface area (Å²) in [4.78, 5) is 12.7. The molecule has 46 heavy (non-hydrogen) atoms. The van der Waals surface area contributed by atoms with Crippen LogP contribution in [0.5, 0.6) is 0 Å². The van der Waals surface area contributed by atoms with Crippen LogP contribution in [0.25, 0.3) is 0 Å². The Hall–Kier alpha value is -1.41. The van der Waals surface area contributed by atoms with Gasteiger partial charge in [0, 0.05) is 25.2 Å². The number of nitrogens with two attached hydrogens (primary N) is 5. The monoisotopic (exact) mass is 668 g/mol. The standard InChI is InChI=1S/C26H52N8O12/c27-1-2-34(42)26(41)33-12-5-11(29)22(21(40)23(12)46-25-20(39)15(30)17(36)14(8-35)44-25)45-24-16(31)19(38)18(37)13(43-24)7-32-6-9-3-10(28)4-9/h9-25,32,35-40,42H,1-8,27-31H2,(H,33,41)/t9?,10?,11-,12+,13+,14+,15-,16+,17+,18+,19+,20+,21-,22?,23-,24+,25+/m0/s1. The fourth-order valence-electron chi connectivity index (χ4n) is 6.36. The van der Waals surface area contributed by atoms with E-state index in [1.807, 2.05) is 0 Å². The van der Waals surface area contributed by atoms with Crippen molar-refractivity contribution >= 4 is 6.03 Å². The number of hydrogen-bond acceptors (Lipinski definition) is 18. The van der Waals surface area contributed by atoms with Crippen molar-refractivity contribution in [2.45, 2.75) is 117 Å². The molecular weight excluding hydrogens is 616 g/mol. The molecule has 15 atom stereocenters. The summed E-state index contributed by atoms with van der Waals surface area (Å²) in [5.74, 6) is 0.390. The molecule has 1 unspecified atom stereocenters. The number of nitrogens with zero attached hydrogens (tertiary/aromatic N) is 1. The van der Waals surface area contributed by atoms with Crippen LogP contribution in [-0.4, -0.2) is 177 Å². The fourth-order valence-corrected chi connectivity index (χ4v) is 6.36. The van der Waals surface area contributed by atoms with Crippen LogP contribution in [0, 0.1) is 5.92 Å². The quantitative estimate of drug-likeness (QED) is 0.0678. The summed E-state index contributed by atoms with van der Waals surface area (Å²) in [5.41, 5.74) is 29.7. The van der Waals surface area contributed by atoms with Gasteiger partial charge in [0.2, 0.25) is 0 Å². The lowest BCUT2D eigenvalue weighted by Gasteiger charge is -2.49. The SMILES string of the molecule is NCCN(O)C(=O)N[C@@H]1C[C@H](N)C(O[C@H]2O[C@H](CNCC3CC(N)C3)[C@@H](O)[C@H](O)[C@H]2N)[C@H](O)[C@H]1O[C@H]1O[C@H](CO)[C@@H](O)[C@H](N)[C@H]1O. The van der Waals surface area contributed by atoms with Gasteiger partial charge in [0.25, 0.3) is 0 Å². The molecule has 20 nitrogen and oxygen atoms in total. The minimum atomic E-state index is -1.68. The molecule has 4 fully saturated rings. The molecule has 2 saturated heterocycles. The summed E-state index contributed by atoms with van der Waals surface area (Å²) in [6, 6.07) is -5.48. The van der Waals surface area contributed by atoms with Gasteiger partial charge in [0.05, 0.1) is 31.3 Å². The number of aliphatic hydroxyl groups is 6. The Kier molecular flexibility index (Phi) is 13.3. The van der Waals surface area contributed by atoms with E-state index in [0.29, 0.717) is 17.5 Å². The molecule has 4 rings (SSSR count). The molecule has 0 aromatic rings. The number of ether oxygens (including phenoxy) is 4. The van der Waals surface area contributed by atoms with E-state index in [9.17, 15) is 40.6 Å². The molecule has 2 heterocycles. The minimum absolute atomic E-state index is 0.0507. The largest absolute Gasteiger partial charge is 0.394 e. The van der Waals surface area contributed by atoms with E-state index in [0.717, 1.165) is 12.8 Å². The topological polar surface area (TPSA) is 353 Å². The first-order chi connectivity index (χ1) is 21.8. The van der Waals surface area contributed by atoms with Crippen molar-refractivity contribution in [3.63, 3.8) is 0 Å². The molecule has 4 aliphatic rings. The average molecular weight is 669 g/mol. The third kappa shape index (κ3) is 8.41. The van der Waals surface area contributed by atoms with Gasteiger partial charge in [-0.25, -0.2) is 9.86 Å². The lowest BCUT2D eigenvalue weighted by Crippen LogP contribution is -2.70. The van der Waals surface area contributed by atoms with Gasteiger partial charge in [-0.3, -0.25) is 5.21 Å². The predicted molar refractivity (Wildman–Crippen MR) is 156 cm³/mol. The molecule has 2 aliphatic heterocycles. The molecule has 0 spiro atoms. The van der Waals surface area contributed by atoms with E-state index in [1.165, 1.54) is 0 Å². The third-order valence-electron chi connectivity index (χ3n) is 9.22. The first-order valence-electron chi connectivity index (χ1n) is 15.6. The Bertz CT molecular complexity index is 972. The van der Waals surface area contributed by atoms with Crippen molar-refractivity contribution in [2.75, 3.05) is 32.8 Å². The summed E-state index contributed by atoms with van der Waals surface area (Å²) >= 11 is 0. The summed E-state index contributed by atoms with van der Waals surface area (Å²) in [6.45, 7) is -0.139. The summed E-state index contributed by atoms with van der Waals surface area (Å²) in [6.07, 6.45) is -13.8. The Balaban J connectivity index is 1.49. The van der Waals surface area contributed by atoms with Crippen LogP contribution in [0.1, 0.15) is 19.3 Å². The van der Waals surface area contributed by atoms with E-state index < -0.39 is 104 Å². The number of aliphatic hydroxyl groups excluding tert-OH is 6. The van der Waals surface area contributed by atoms with Gasteiger partial charge in [-0.1, -0.05) is 0 Å². The van der Waals surface area contributed by atoms with E-state index in [4.69, 9.17) is 47.6 Å². The zero-order valence-electron chi connectivity index (χ0n) is 25.5. The van der Waals surface area contributed by atoms with Gasteiger partial charge < -0.3 is 88.9 Å². The van der Waals surface area contributed by atoms with E-state index >= 15 is 0 Å². The second kappa shape index (κ2) is 16.3. The number of carbonyl (C=O) groups excluding carboxylic acids is 1. The molecule has 2 amide bonds. The number of carbonyl (C=O) groups is 1. The van der Waals surface area contributed by atoms with Crippen LogP contribution < -0.4 is 39.3 Å². The Morgan fingerprint density at radius 1 is 0.804 bits per heavy atom. The van der Waals surface area contributed by atoms with Crippen LogP contribution in [0.15, 0.2) is 0 Å². The molecule has 0 aromatic heterocycles. The molecular formula is C26H52N8O12. The zero-order chi connectivity index (χ0) is 33.9. The maximum atomic E-state index is 12.7. The highest BCUT2D eigenvalue weighted by atomic mass is 16.7. The molecule has 2 aliphatic carbocycles. The highest BCUT2D eigenvalue weighted by Crippen LogP contribution is 2.32. The van der Waals surface area contributed by atoms with Gasteiger partial charge in [-0.15, -0.1) is 0 Å². The fraction of sp³-hybridized carbons (Fsp3) is 0.962. The molecule has 19 N–H and O–H groups in total. The normalized spacial score (nSPS) is 46.4.